The zero-order chi connectivity index (χ0) is 23.4. The number of hydrogen-bond donors (Lipinski definition) is 3. The largest absolute Gasteiger partial charge is 0.507 e. The van der Waals surface area contributed by atoms with Gasteiger partial charge in [0.2, 0.25) is 5.91 Å². The van der Waals surface area contributed by atoms with Crippen molar-refractivity contribution in [3.63, 3.8) is 0 Å². The molecule has 0 spiro atoms. The van der Waals surface area contributed by atoms with Gasteiger partial charge in [0.1, 0.15) is 11.8 Å². The van der Waals surface area contributed by atoms with Crippen molar-refractivity contribution in [2.24, 2.45) is 10.8 Å². The number of aromatic nitrogens is 1. The van der Waals surface area contributed by atoms with Crippen LogP contribution in [0.1, 0.15) is 37.4 Å². The van der Waals surface area contributed by atoms with Crippen LogP contribution in [0.3, 0.4) is 0 Å². The second kappa shape index (κ2) is 9.08. The number of aromatic hydroxyl groups is 1. The van der Waals surface area contributed by atoms with Crippen LogP contribution in [0.5, 0.6) is 5.75 Å². The Kier molecular flexibility index (Phi) is 5.87. The first-order chi connectivity index (χ1) is 16.0. The predicted octanol–water partition coefficient (Wildman–Crippen LogP) is 3.13. The number of rotatable bonds is 6. The summed E-state index contributed by atoms with van der Waals surface area (Å²) in [5.74, 6) is -1.15. The summed E-state index contributed by atoms with van der Waals surface area (Å²) in [5, 5.41) is 23.5. The van der Waals surface area contributed by atoms with E-state index >= 15 is 0 Å². The Balaban J connectivity index is 1.53. The van der Waals surface area contributed by atoms with Gasteiger partial charge in [-0.1, -0.05) is 24.3 Å². The van der Waals surface area contributed by atoms with Gasteiger partial charge < -0.3 is 15.4 Å². The number of carbonyl (C=O) groups is 2. The van der Waals surface area contributed by atoms with E-state index in [9.17, 15) is 14.7 Å². The number of nitrogens with one attached hydrogen (secondary N) is 1. The van der Waals surface area contributed by atoms with Gasteiger partial charge in [0, 0.05) is 40.3 Å². The van der Waals surface area contributed by atoms with E-state index in [4.69, 9.17) is 11.0 Å². The van der Waals surface area contributed by atoms with E-state index in [1.807, 2.05) is 47.2 Å². The molecule has 0 unspecified atom stereocenters. The molecule has 4 rings (SSSR count). The van der Waals surface area contributed by atoms with E-state index in [1.54, 1.807) is 24.4 Å². The van der Waals surface area contributed by atoms with Gasteiger partial charge in [-0.2, -0.15) is 10.4 Å². The van der Waals surface area contributed by atoms with Crippen molar-refractivity contribution in [2.75, 3.05) is 0 Å². The van der Waals surface area contributed by atoms with Gasteiger partial charge in [0.05, 0.1) is 11.8 Å². The standard InChI is InChI=1S/C25H19N5O3/c26-13-20-12-18(7-8-23(20)31)25(33)29-28-14-19-5-2-6-22-21(19)9-10-30(22)15-16-3-1-4-17(11-16)24(27)32/h1-12,14,31H,15H2,(H2,27,32)(H,29,33)/b28-14+. The van der Waals surface area contributed by atoms with Gasteiger partial charge in [-0.3, -0.25) is 9.59 Å². The molecule has 8 heteroatoms. The highest BCUT2D eigenvalue weighted by atomic mass is 16.3. The second-order valence-corrected chi connectivity index (χ2v) is 7.33. The van der Waals surface area contributed by atoms with Crippen LogP contribution < -0.4 is 11.2 Å². The molecule has 4 N–H and O–H groups in total. The molecule has 0 aliphatic rings. The lowest BCUT2D eigenvalue weighted by atomic mass is 10.1. The Bertz CT molecular complexity index is 1450. The molecular formula is C25H19N5O3. The van der Waals surface area contributed by atoms with Gasteiger partial charge in [0.15, 0.2) is 0 Å². The Labute approximate surface area is 189 Å². The first-order valence-electron chi connectivity index (χ1n) is 9.99. The first kappa shape index (κ1) is 21.3. The molecule has 0 aliphatic heterocycles. The molecule has 162 valence electrons. The molecular weight excluding hydrogens is 418 g/mol. The minimum Gasteiger partial charge on any atom is -0.507 e. The van der Waals surface area contributed by atoms with Crippen molar-refractivity contribution >= 4 is 28.9 Å². The normalized spacial score (nSPS) is 10.9. The van der Waals surface area contributed by atoms with Crippen LogP contribution in [-0.2, 0) is 6.54 Å². The van der Waals surface area contributed by atoms with E-state index in [1.165, 1.54) is 18.2 Å². The monoisotopic (exact) mass is 437 g/mol. The van der Waals surface area contributed by atoms with Crippen LogP contribution in [0.4, 0.5) is 0 Å². The van der Waals surface area contributed by atoms with E-state index in [2.05, 4.69) is 10.5 Å². The molecule has 0 radical (unpaired) electrons. The van der Waals surface area contributed by atoms with Gasteiger partial charge in [0.25, 0.3) is 5.91 Å². The van der Waals surface area contributed by atoms with Crippen molar-refractivity contribution in [3.05, 3.63) is 101 Å². The average molecular weight is 437 g/mol. The molecule has 4 aromatic rings. The predicted molar refractivity (Wildman–Crippen MR) is 124 cm³/mol. The van der Waals surface area contributed by atoms with Crippen molar-refractivity contribution in [1.29, 1.82) is 5.26 Å². The van der Waals surface area contributed by atoms with Crippen LogP contribution in [0, 0.1) is 11.3 Å². The number of phenols is 1. The third-order valence-electron chi connectivity index (χ3n) is 5.16. The second-order valence-electron chi connectivity index (χ2n) is 7.33. The number of fused-ring (bicyclic) bond motifs is 1. The molecule has 0 fully saturated rings. The van der Waals surface area contributed by atoms with Crippen LogP contribution in [0.2, 0.25) is 0 Å². The highest BCUT2D eigenvalue weighted by Crippen LogP contribution is 2.21. The molecule has 2 amide bonds. The lowest BCUT2D eigenvalue weighted by Crippen LogP contribution is -2.17. The van der Waals surface area contributed by atoms with Gasteiger partial charge in [-0.15, -0.1) is 0 Å². The molecule has 0 aliphatic carbocycles. The fourth-order valence-electron chi connectivity index (χ4n) is 3.51. The van der Waals surface area contributed by atoms with Gasteiger partial charge in [-0.25, -0.2) is 5.43 Å². The summed E-state index contributed by atoms with van der Waals surface area (Å²) in [5.41, 5.74) is 11.2. The third kappa shape index (κ3) is 4.57. The van der Waals surface area contributed by atoms with Crippen LogP contribution >= 0.6 is 0 Å². The van der Waals surface area contributed by atoms with Gasteiger partial charge >= 0.3 is 0 Å². The maximum atomic E-state index is 12.3. The first-order valence-corrected chi connectivity index (χ1v) is 9.99. The summed E-state index contributed by atoms with van der Waals surface area (Å²) in [6.07, 6.45) is 3.49. The molecule has 0 saturated heterocycles. The van der Waals surface area contributed by atoms with Crippen LogP contribution in [0.15, 0.2) is 78.0 Å². The number of nitriles is 1. The summed E-state index contributed by atoms with van der Waals surface area (Å²) >= 11 is 0. The zero-order valence-corrected chi connectivity index (χ0v) is 17.4. The number of primary amides is 1. The molecule has 1 aromatic heterocycles. The number of hydrogen-bond acceptors (Lipinski definition) is 5. The van der Waals surface area contributed by atoms with Crippen LogP contribution in [0.25, 0.3) is 10.9 Å². The van der Waals surface area contributed by atoms with E-state index < -0.39 is 11.8 Å². The lowest BCUT2D eigenvalue weighted by Gasteiger charge is -2.07. The molecule has 0 saturated carbocycles. The SMILES string of the molecule is N#Cc1cc(C(=O)N/N=C/c2cccc3c2ccn3Cc2cccc(C(N)=O)c2)ccc1O. The van der Waals surface area contributed by atoms with E-state index in [0.717, 1.165) is 22.0 Å². The van der Waals surface area contributed by atoms with Crippen molar-refractivity contribution in [1.82, 2.24) is 9.99 Å². The molecule has 0 bridgehead atoms. The molecule has 1 heterocycles. The number of benzene rings is 3. The summed E-state index contributed by atoms with van der Waals surface area (Å²) in [7, 11) is 0. The maximum absolute atomic E-state index is 12.3. The molecule has 3 aromatic carbocycles. The smallest absolute Gasteiger partial charge is 0.271 e. The third-order valence-corrected chi connectivity index (χ3v) is 5.16. The Morgan fingerprint density at radius 2 is 1.91 bits per heavy atom. The molecule has 0 atom stereocenters. The Hall–Kier alpha value is -4.90. The van der Waals surface area contributed by atoms with Crippen molar-refractivity contribution in [3.8, 4) is 11.8 Å². The topological polar surface area (TPSA) is 134 Å². The Morgan fingerprint density at radius 3 is 2.70 bits per heavy atom. The van der Waals surface area contributed by atoms with E-state index in [0.29, 0.717) is 12.1 Å². The number of phenolic OH excluding ortho intramolecular Hbond substituents is 1. The quantitative estimate of drug-likeness (QED) is 0.316. The number of hydrazone groups is 1. The highest BCUT2D eigenvalue weighted by molar-refractivity contribution is 6.00. The maximum Gasteiger partial charge on any atom is 0.271 e. The number of carbonyl (C=O) groups excluding carboxylic acids is 2. The fraction of sp³-hybridized carbons (Fsp3) is 0.0400. The zero-order valence-electron chi connectivity index (χ0n) is 17.4. The number of nitrogens with zero attached hydrogens (tertiary/aromatic N) is 3. The van der Waals surface area contributed by atoms with Crippen molar-refractivity contribution in [2.45, 2.75) is 6.54 Å². The minimum atomic E-state index is -0.498. The highest BCUT2D eigenvalue weighted by Gasteiger charge is 2.09. The summed E-state index contributed by atoms with van der Waals surface area (Å²) in [6, 6.07) is 20.7. The number of amides is 2. The number of nitrogens with two attached hydrogens (primary N) is 1. The molecule has 33 heavy (non-hydrogen) atoms. The van der Waals surface area contributed by atoms with Gasteiger partial charge in [-0.05, 0) is 48.0 Å². The summed E-state index contributed by atoms with van der Waals surface area (Å²) in [4.78, 5) is 23.8. The molecule has 8 nitrogen and oxygen atoms in total. The van der Waals surface area contributed by atoms with Crippen LogP contribution in [-0.4, -0.2) is 27.7 Å². The minimum absolute atomic E-state index is 0.0131. The van der Waals surface area contributed by atoms with Crippen molar-refractivity contribution < 1.29 is 14.7 Å². The summed E-state index contributed by atoms with van der Waals surface area (Å²) < 4.78 is 2.05. The average Bonchev–Trinajstić information content (AvgIpc) is 3.23. The van der Waals surface area contributed by atoms with E-state index in [-0.39, 0.29) is 16.9 Å². The summed E-state index contributed by atoms with van der Waals surface area (Å²) in [6.45, 7) is 0.560. The Morgan fingerprint density at radius 1 is 1.09 bits per heavy atom. The lowest BCUT2D eigenvalue weighted by molar-refractivity contribution is 0.0953. The fourth-order valence-corrected chi connectivity index (χ4v) is 3.51.